The van der Waals surface area contributed by atoms with Crippen LogP contribution >= 0.6 is 23.1 Å². The van der Waals surface area contributed by atoms with Crippen LogP contribution in [0, 0.1) is 11.3 Å². The maximum atomic E-state index is 9.03. The molecule has 0 aliphatic heterocycles. The number of nitrogens with one attached hydrogen (secondary N) is 1. The first-order valence-electron chi connectivity index (χ1n) is 6.59. The Morgan fingerprint density at radius 1 is 1.27 bits per heavy atom. The number of rotatable bonds is 5. The highest BCUT2D eigenvalue weighted by Crippen LogP contribution is 2.27. The number of imidazole rings is 1. The summed E-state index contributed by atoms with van der Waals surface area (Å²) in [6.45, 7) is 1.43. The van der Waals surface area contributed by atoms with Gasteiger partial charge in [0.15, 0.2) is 5.15 Å². The zero-order valence-electron chi connectivity index (χ0n) is 11.5. The summed E-state index contributed by atoms with van der Waals surface area (Å²) < 4.78 is 5.99. The Morgan fingerprint density at radius 2 is 2.05 bits per heavy atom. The highest BCUT2D eigenvalue weighted by atomic mass is 35.5. The monoisotopic (exact) mass is 329 g/mol. The lowest BCUT2D eigenvalue weighted by molar-refractivity contribution is 0.797. The second kappa shape index (κ2) is 6.60. The molecule has 0 radical (unpaired) electrons. The summed E-state index contributed by atoms with van der Waals surface area (Å²) in [5, 5.41) is 13.2. The smallest absolute Gasteiger partial charge is 0.162 e. The van der Waals surface area contributed by atoms with Gasteiger partial charge in [-0.2, -0.15) is 9.64 Å². The van der Waals surface area contributed by atoms with Gasteiger partial charge < -0.3 is 9.88 Å². The van der Waals surface area contributed by atoms with Gasteiger partial charge in [-0.15, -0.1) is 0 Å². The van der Waals surface area contributed by atoms with E-state index >= 15 is 0 Å². The molecular formula is C15H12ClN5S. The van der Waals surface area contributed by atoms with Crippen molar-refractivity contribution in [1.29, 1.82) is 5.26 Å². The molecular weight excluding hydrogens is 318 g/mol. The largest absolute Gasteiger partial charge is 0.370 e. The van der Waals surface area contributed by atoms with Crippen LogP contribution in [-0.2, 0) is 13.1 Å². The molecule has 0 atom stereocenters. The van der Waals surface area contributed by atoms with Crippen LogP contribution in [0.25, 0.3) is 0 Å². The molecule has 0 unspecified atom stereocenters. The molecule has 1 N–H and O–H groups in total. The van der Waals surface area contributed by atoms with Crippen molar-refractivity contribution in [3.63, 3.8) is 0 Å². The third-order valence-corrected chi connectivity index (χ3v) is 4.34. The van der Waals surface area contributed by atoms with Gasteiger partial charge >= 0.3 is 0 Å². The van der Waals surface area contributed by atoms with Crippen LogP contribution in [0.1, 0.15) is 16.7 Å². The second-order valence-electron chi connectivity index (χ2n) is 4.69. The Kier molecular flexibility index (Phi) is 4.37. The fourth-order valence-corrected chi connectivity index (χ4v) is 2.95. The molecule has 7 heteroatoms. The van der Waals surface area contributed by atoms with Crippen molar-refractivity contribution >= 4 is 28.1 Å². The van der Waals surface area contributed by atoms with Gasteiger partial charge in [0.2, 0.25) is 0 Å². The van der Waals surface area contributed by atoms with E-state index in [1.54, 1.807) is 12.5 Å². The summed E-state index contributed by atoms with van der Waals surface area (Å²) in [5.41, 5.74) is 2.74. The molecule has 0 aliphatic carbocycles. The molecule has 2 heterocycles. The Labute approximate surface area is 137 Å². The fourth-order valence-electron chi connectivity index (χ4n) is 2.02. The molecule has 5 nitrogen and oxygen atoms in total. The van der Waals surface area contributed by atoms with Crippen molar-refractivity contribution in [3.8, 4) is 6.07 Å². The van der Waals surface area contributed by atoms with Crippen LogP contribution in [0.5, 0.6) is 0 Å². The van der Waals surface area contributed by atoms with Crippen molar-refractivity contribution in [2.75, 3.05) is 5.32 Å². The second-order valence-corrected chi connectivity index (χ2v) is 5.83. The number of benzene rings is 1. The Hall–Kier alpha value is -2.36. The first kappa shape index (κ1) is 14.6. The maximum Gasteiger partial charge on any atom is 0.162 e. The Balaban J connectivity index is 1.63. The molecule has 3 aromatic rings. The summed E-state index contributed by atoms with van der Waals surface area (Å²) in [4.78, 5) is 4.03. The van der Waals surface area contributed by atoms with Crippen molar-refractivity contribution < 1.29 is 0 Å². The highest BCUT2D eigenvalue weighted by molar-refractivity contribution is 7.10. The zero-order valence-corrected chi connectivity index (χ0v) is 13.1. The SMILES string of the molecule is N#Cc1c(Cl)nsc1NCc1ccc(Cn2ccnc2)cc1. The number of aromatic nitrogens is 3. The van der Waals surface area contributed by atoms with Crippen LogP contribution in [-0.4, -0.2) is 13.9 Å². The minimum absolute atomic E-state index is 0.255. The van der Waals surface area contributed by atoms with E-state index in [1.165, 1.54) is 17.1 Å². The molecule has 22 heavy (non-hydrogen) atoms. The van der Waals surface area contributed by atoms with Crippen molar-refractivity contribution in [3.05, 3.63) is 64.8 Å². The van der Waals surface area contributed by atoms with E-state index in [0.717, 1.165) is 12.1 Å². The summed E-state index contributed by atoms with van der Waals surface area (Å²) in [5.74, 6) is 0. The van der Waals surface area contributed by atoms with E-state index < -0.39 is 0 Å². The van der Waals surface area contributed by atoms with E-state index in [4.69, 9.17) is 16.9 Å². The topological polar surface area (TPSA) is 66.5 Å². The standard InChI is InChI=1S/C15H12ClN5S/c16-14-13(7-17)15(22-20-14)19-8-11-1-3-12(4-2-11)9-21-6-5-18-10-21/h1-6,10,19H,8-9H2. The molecule has 0 saturated carbocycles. The molecule has 0 bridgehead atoms. The average molecular weight is 330 g/mol. The van der Waals surface area contributed by atoms with E-state index in [0.29, 0.717) is 17.1 Å². The summed E-state index contributed by atoms with van der Waals surface area (Å²) >= 11 is 7.04. The molecule has 1 aromatic carbocycles. The van der Waals surface area contributed by atoms with E-state index in [2.05, 4.69) is 45.0 Å². The molecule has 0 fully saturated rings. The number of hydrogen-bond acceptors (Lipinski definition) is 5. The molecule has 0 amide bonds. The molecule has 3 rings (SSSR count). The minimum Gasteiger partial charge on any atom is -0.370 e. The predicted octanol–water partition coefficient (Wildman–Crippen LogP) is 3.53. The lowest BCUT2D eigenvalue weighted by Crippen LogP contribution is -2.00. The van der Waals surface area contributed by atoms with Crippen molar-refractivity contribution in [2.24, 2.45) is 0 Å². The van der Waals surface area contributed by atoms with Crippen LogP contribution in [0.4, 0.5) is 5.00 Å². The Morgan fingerprint density at radius 3 is 2.73 bits per heavy atom. The lowest BCUT2D eigenvalue weighted by Gasteiger charge is -2.06. The van der Waals surface area contributed by atoms with Crippen LogP contribution in [0.3, 0.4) is 0 Å². The Bertz CT molecular complexity index is 786. The van der Waals surface area contributed by atoms with Gasteiger partial charge in [-0.3, -0.25) is 0 Å². The van der Waals surface area contributed by atoms with Gasteiger partial charge in [0.05, 0.1) is 6.33 Å². The van der Waals surface area contributed by atoms with Crippen LogP contribution in [0.15, 0.2) is 43.0 Å². The first-order chi connectivity index (χ1) is 10.8. The van der Waals surface area contributed by atoms with Gasteiger partial charge in [-0.25, -0.2) is 4.98 Å². The van der Waals surface area contributed by atoms with Crippen LogP contribution < -0.4 is 5.32 Å². The van der Waals surface area contributed by atoms with Gasteiger partial charge in [-0.1, -0.05) is 35.9 Å². The molecule has 110 valence electrons. The number of anilines is 1. The van der Waals surface area contributed by atoms with Crippen molar-refractivity contribution in [2.45, 2.75) is 13.1 Å². The first-order valence-corrected chi connectivity index (χ1v) is 7.74. The third-order valence-electron chi connectivity index (χ3n) is 3.16. The quantitative estimate of drug-likeness (QED) is 0.777. The normalized spacial score (nSPS) is 10.4. The number of nitriles is 1. The molecule has 0 aliphatic rings. The number of halogens is 1. The average Bonchev–Trinajstić information content (AvgIpc) is 3.16. The molecule has 0 saturated heterocycles. The van der Waals surface area contributed by atoms with Crippen LogP contribution in [0.2, 0.25) is 5.15 Å². The fraction of sp³-hybridized carbons (Fsp3) is 0.133. The highest BCUT2D eigenvalue weighted by Gasteiger charge is 2.10. The number of nitrogens with zero attached hydrogens (tertiary/aromatic N) is 4. The minimum atomic E-state index is 0.255. The lowest BCUT2D eigenvalue weighted by atomic mass is 10.1. The van der Waals surface area contributed by atoms with Crippen molar-refractivity contribution in [1.82, 2.24) is 13.9 Å². The van der Waals surface area contributed by atoms with Gasteiger partial charge in [0.25, 0.3) is 0 Å². The van der Waals surface area contributed by atoms with E-state index in [1.807, 2.05) is 10.8 Å². The van der Waals surface area contributed by atoms with E-state index in [9.17, 15) is 0 Å². The van der Waals surface area contributed by atoms with E-state index in [-0.39, 0.29) is 5.15 Å². The van der Waals surface area contributed by atoms with Gasteiger partial charge in [0, 0.05) is 25.5 Å². The molecule has 2 aromatic heterocycles. The summed E-state index contributed by atoms with van der Waals surface area (Å²) in [7, 11) is 0. The van der Waals surface area contributed by atoms with Gasteiger partial charge in [-0.05, 0) is 22.7 Å². The zero-order chi connectivity index (χ0) is 15.4. The molecule has 0 spiro atoms. The predicted molar refractivity (Wildman–Crippen MR) is 86.9 cm³/mol. The number of hydrogen-bond donors (Lipinski definition) is 1. The third kappa shape index (κ3) is 3.27. The summed E-state index contributed by atoms with van der Waals surface area (Å²) in [6.07, 6.45) is 5.50. The maximum absolute atomic E-state index is 9.03. The summed E-state index contributed by atoms with van der Waals surface area (Å²) in [6, 6.07) is 10.4. The van der Waals surface area contributed by atoms with Gasteiger partial charge in [0.1, 0.15) is 16.6 Å².